The largest absolute Gasteiger partial charge is 0.355 e. The zero-order chi connectivity index (χ0) is 18.1. The van der Waals surface area contributed by atoms with E-state index in [1.807, 2.05) is 26.0 Å². The van der Waals surface area contributed by atoms with E-state index < -0.39 is 17.0 Å². The summed E-state index contributed by atoms with van der Waals surface area (Å²) in [5.74, 6) is -1.21. The molecule has 1 aromatic heterocycles. The lowest BCUT2D eigenvalue weighted by atomic mass is 9.87. The molecule has 0 saturated heterocycles. The molecule has 0 radical (unpaired) electrons. The van der Waals surface area contributed by atoms with Crippen LogP contribution in [0.25, 0.3) is 0 Å². The Bertz CT molecular complexity index is 777. The van der Waals surface area contributed by atoms with E-state index in [0.29, 0.717) is 24.9 Å². The van der Waals surface area contributed by atoms with E-state index in [2.05, 4.69) is 10.3 Å². The number of carbonyl (C=O) groups excluding carboxylic acids is 1. The van der Waals surface area contributed by atoms with Crippen LogP contribution < -0.4 is 5.32 Å². The molecule has 1 amide bonds. The van der Waals surface area contributed by atoms with Gasteiger partial charge in [0, 0.05) is 36.8 Å². The fourth-order valence-electron chi connectivity index (χ4n) is 3.59. The molecule has 5 heteroatoms. The van der Waals surface area contributed by atoms with Crippen LogP contribution >= 0.6 is 0 Å². The van der Waals surface area contributed by atoms with Crippen LogP contribution in [0.3, 0.4) is 0 Å². The smallest absolute Gasteiger partial charge is 0.220 e. The van der Waals surface area contributed by atoms with Gasteiger partial charge < -0.3 is 5.32 Å². The predicted molar refractivity (Wildman–Crippen MR) is 92.0 cm³/mol. The van der Waals surface area contributed by atoms with Crippen LogP contribution in [0.5, 0.6) is 0 Å². The first-order valence-electron chi connectivity index (χ1n) is 8.45. The van der Waals surface area contributed by atoms with Gasteiger partial charge in [0.25, 0.3) is 0 Å². The zero-order valence-corrected chi connectivity index (χ0v) is 14.5. The molecule has 1 aliphatic rings. The Hall–Kier alpha value is -2.30. The van der Waals surface area contributed by atoms with Crippen LogP contribution in [0.15, 0.2) is 42.7 Å². The third kappa shape index (κ3) is 3.55. The first-order valence-corrected chi connectivity index (χ1v) is 8.45. The lowest BCUT2D eigenvalue weighted by Gasteiger charge is -2.22. The van der Waals surface area contributed by atoms with Gasteiger partial charge in [-0.3, -0.25) is 9.78 Å². The number of nitrogens with one attached hydrogen (secondary N) is 1. The molecule has 1 unspecified atom stereocenters. The van der Waals surface area contributed by atoms with Crippen LogP contribution in [0.1, 0.15) is 37.8 Å². The predicted octanol–water partition coefficient (Wildman–Crippen LogP) is 3.78. The molecule has 1 N–H and O–H groups in total. The van der Waals surface area contributed by atoms with E-state index >= 15 is 0 Å². The Morgan fingerprint density at radius 1 is 1.28 bits per heavy atom. The second-order valence-corrected chi connectivity index (χ2v) is 7.40. The maximum atomic E-state index is 14.3. The summed E-state index contributed by atoms with van der Waals surface area (Å²) in [5.41, 5.74) is 0.868. The second-order valence-electron chi connectivity index (χ2n) is 7.40. The van der Waals surface area contributed by atoms with E-state index in [9.17, 15) is 13.6 Å². The highest BCUT2D eigenvalue weighted by Gasteiger charge is 2.62. The van der Waals surface area contributed by atoms with Crippen LogP contribution in [-0.2, 0) is 16.6 Å². The summed E-state index contributed by atoms with van der Waals surface area (Å²) in [6.45, 7) is 4.43. The summed E-state index contributed by atoms with van der Waals surface area (Å²) < 4.78 is 27.5. The topological polar surface area (TPSA) is 42.0 Å². The highest BCUT2D eigenvalue weighted by atomic mass is 19.1. The molecule has 25 heavy (non-hydrogen) atoms. The number of nitrogens with zero attached hydrogens (tertiary/aromatic N) is 1. The molecule has 1 fully saturated rings. The van der Waals surface area contributed by atoms with Crippen LogP contribution in [0, 0.1) is 17.0 Å². The number of hydrogen-bond acceptors (Lipinski definition) is 2. The summed E-state index contributed by atoms with van der Waals surface area (Å²) in [7, 11) is 0. The van der Waals surface area contributed by atoms with Gasteiger partial charge in [-0.05, 0) is 41.5 Å². The average molecular weight is 344 g/mol. The monoisotopic (exact) mass is 344 g/mol. The number of aromatic nitrogens is 1. The SMILES string of the molecule is CC1(C)CC1(CNC(=O)CCc1cccnc1)c1ccc(F)cc1F. The number of rotatable bonds is 6. The van der Waals surface area contributed by atoms with Gasteiger partial charge in [0.05, 0.1) is 0 Å². The van der Waals surface area contributed by atoms with E-state index in [-0.39, 0.29) is 11.3 Å². The van der Waals surface area contributed by atoms with Gasteiger partial charge in [-0.1, -0.05) is 26.0 Å². The highest BCUT2D eigenvalue weighted by molar-refractivity contribution is 5.76. The minimum absolute atomic E-state index is 0.0755. The third-order valence-corrected chi connectivity index (χ3v) is 5.31. The average Bonchev–Trinajstić information content (AvgIpc) is 3.14. The molecule has 2 aromatic rings. The lowest BCUT2D eigenvalue weighted by molar-refractivity contribution is -0.121. The summed E-state index contributed by atoms with van der Waals surface area (Å²) in [5, 5.41) is 2.93. The number of pyridine rings is 1. The molecule has 1 aromatic carbocycles. The molecule has 3 nitrogen and oxygen atoms in total. The van der Waals surface area contributed by atoms with Crippen molar-refractivity contribution in [2.24, 2.45) is 5.41 Å². The maximum Gasteiger partial charge on any atom is 0.220 e. The molecular formula is C20H22F2N2O. The molecule has 1 atom stereocenters. The van der Waals surface area contributed by atoms with E-state index in [1.165, 1.54) is 12.1 Å². The van der Waals surface area contributed by atoms with Gasteiger partial charge in [-0.2, -0.15) is 0 Å². The fraction of sp³-hybridized carbons (Fsp3) is 0.400. The highest BCUT2D eigenvalue weighted by Crippen LogP contribution is 2.64. The van der Waals surface area contributed by atoms with Gasteiger partial charge in [-0.25, -0.2) is 8.78 Å². The fourth-order valence-corrected chi connectivity index (χ4v) is 3.59. The summed E-state index contributed by atoms with van der Waals surface area (Å²) in [4.78, 5) is 16.2. The van der Waals surface area contributed by atoms with Gasteiger partial charge in [0.15, 0.2) is 0 Å². The molecule has 1 heterocycles. The van der Waals surface area contributed by atoms with Crippen molar-refractivity contribution in [1.82, 2.24) is 10.3 Å². The van der Waals surface area contributed by atoms with Gasteiger partial charge in [0.1, 0.15) is 11.6 Å². The molecule has 1 saturated carbocycles. The number of hydrogen-bond donors (Lipinski definition) is 1. The van der Waals surface area contributed by atoms with Crippen molar-refractivity contribution >= 4 is 5.91 Å². The minimum atomic E-state index is -0.588. The first-order chi connectivity index (χ1) is 11.8. The molecule has 132 valence electrons. The normalized spacial score (nSPS) is 21.0. The Labute approximate surface area is 146 Å². The van der Waals surface area contributed by atoms with Gasteiger partial charge >= 0.3 is 0 Å². The zero-order valence-electron chi connectivity index (χ0n) is 14.5. The van der Waals surface area contributed by atoms with Crippen molar-refractivity contribution in [3.8, 4) is 0 Å². The summed E-state index contributed by atoms with van der Waals surface area (Å²) in [6.07, 6.45) is 5.16. The van der Waals surface area contributed by atoms with Crippen LogP contribution in [0.2, 0.25) is 0 Å². The molecule has 0 aliphatic heterocycles. The van der Waals surface area contributed by atoms with E-state index in [1.54, 1.807) is 12.4 Å². The maximum absolute atomic E-state index is 14.3. The number of aryl methyl sites for hydroxylation is 1. The summed E-state index contributed by atoms with van der Waals surface area (Å²) >= 11 is 0. The Morgan fingerprint density at radius 2 is 2.04 bits per heavy atom. The molecular weight excluding hydrogens is 322 g/mol. The second kappa shape index (κ2) is 6.54. The van der Waals surface area contributed by atoms with Gasteiger partial charge in [0.2, 0.25) is 5.91 Å². The summed E-state index contributed by atoms with van der Waals surface area (Å²) in [6, 6.07) is 7.46. The van der Waals surface area contributed by atoms with Crippen molar-refractivity contribution in [3.63, 3.8) is 0 Å². The van der Waals surface area contributed by atoms with Crippen molar-refractivity contribution < 1.29 is 13.6 Å². The number of halogens is 2. The van der Waals surface area contributed by atoms with Crippen LogP contribution in [-0.4, -0.2) is 17.4 Å². The van der Waals surface area contributed by atoms with Gasteiger partial charge in [-0.15, -0.1) is 0 Å². The molecule has 3 rings (SSSR count). The van der Waals surface area contributed by atoms with Crippen molar-refractivity contribution in [1.29, 1.82) is 0 Å². The Kier molecular flexibility index (Phi) is 4.58. The van der Waals surface area contributed by atoms with Crippen molar-refractivity contribution in [2.75, 3.05) is 6.54 Å². The van der Waals surface area contributed by atoms with Crippen molar-refractivity contribution in [3.05, 3.63) is 65.5 Å². The quantitative estimate of drug-likeness (QED) is 0.867. The Morgan fingerprint density at radius 3 is 2.64 bits per heavy atom. The first kappa shape index (κ1) is 17.5. The molecule has 0 spiro atoms. The number of benzene rings is 1. The standard InChI is InChI=1S/C20H22F2N2O/c1-19(2)12-20(19,16-7-6-15(21)10-17(16)22)13-24-18(25)8-5-14-4-3-9-23-11-14/h3-4,6-7,9-11H,5,8,12-13H2,1-2H3,(H,24,25). The molecule has 1 aliphatic carbocycles. The van der Waals surface area contributed by atoms with Crippen molar-refractivity contribution in [2.45, 2.75) is 38.5 Å². The lowest BCUT2D eigenvalue weighted by Crippen LogP contribution is -2.35. The van der Waals surface area contributed by atoms with E-state index in [4.69, 9.17) is 0 Å². The molecule has 0 bridgehead atoms. The number of carbonyl (C=O) groups is 1. The minimum Gasteiger partial charge on any atom is -0.355 e. The van der Waals surface area contributed by atoms with E-state index in [0.717, 1.165) is 18.1 Å². The van der Waals surface area contributed by atoms with Crippen LogP contribution in [0.4, 0.5) is 8.78 Å². The Balaban J connectivity index is 1.64. The number of amides is 1. The third-order valence-electron chi connectivity index (χ3n) is 5.31.